The molecular weight excluding hydrogens is 292 g/mol. The van der Waals surface area contributed by atoms with Gasteiger partial charge in [-0.1, -0.05) is 38.3 Å². The van der Waals surface area contributed by atoms with E-state index in [1.807, 2.05) is 20.8 Å². The normalized spacial score (nSPS) is 10.8. The van der Waals surface area contributed by atoms with Crippen LogP contribution in [0.2, 0.25) is 5.15 Å². The van der Waals surface area contributed by atoms with Gasteiger partial charge in [0.25, 0.3) is 5.91 Å². The van der Waals surface area contributed by atoms with Crippen LogP contribution in [0.25, 0.3) is 0 Å². The summed E-state index contributed by atoms with van der Waals surface area (Å²) in [4.78, 5) is 28.5. The van der Waals surface area contributed by atoms with Crippen LogP contribution in [0.4, 0.5) is 0 Å². The highest BCUT2D eigenvalue weighted by Gasteiger charge is 2.22. The van der Waals surface area contributed by atoms with Crippen LogP contribution < -0.4 is 0 Å². The first kappa shape index (κ1) is 17.0. The molecule has 0 aliphatic rings. The van der Waals surface area contributed by atoms with Crippen molar-refractivity contribution in [3.8, 4) is 12.3 Å². The van der Waals surface area contributed by atoms with Gasteiger partial charge in [-0.2, -0.15) is 0 Å². The molecule has 0 unspecified atom stereocenters. The number of carbonyl (C=O) groups is 2. The average Bonchev–Trinajstić information content (AvgIpc) is 2.35. The third-order valence-electron chi connectivity index (χ3n) is 2.70. The lowest BCUT2D eigenvalue weighted by atomic mass is 9.91. The van der Waals surface area contributed by atoms with Gasteiger partial charge in [0.15, 0.2) is 0 Å². The molecule has 1 aromatic rings. The summed E-state index contributed by atoms with van der Waals surface area (Å²) >= 11 is 5.95. The van der Waals surface area contributed by atoms with E-state index in [-0.39, 0.29) is 22.7 Å². The SMILES string of the molecule is C#CCN(CC(=O)O)C(=O)c1cc(Cl)nc(C(C)(C)C)c1. The maximum Gasteiger partial charge on any atom is 0.323 e. The van der Waals surface area contributed by atoms with Gasteiger partial charge < -0.3 is 10.0 Å². The number of aliphatic carboxylic acids is 1. The minimum atomic E-state index is -1.13. The van der Waals surface area contributed by atoms with Crippen molar-refractivity contribution in [3.05, 3.63) is 28.5 Å². The second-order valence-electron chi connectivity index (χ2n) is 5.57. The van der Waals surface area contributed by atoms with Gasteiger partial charge in [0.05, 0.1) is 6.54 Å². The van der Waals surface area contributed by atoms with Crippen LogP contribution in [-0.4, -0.2) is 40.0 Å². The molecule has 1 aromatic heterocycles. The van der Waals surface area contributed by atoms with Crippen LogP contribution in [0.15, 0.2) is 12.1 Å². The van der Waals surface area contributed by atoms with Gasteiger partial charge in [-0.25, -0.2) is 4.98 Å². The van der Waals surface area contributed by atoms with Crippen molar-refractivity contribution < 1.29 is 14.7 Å². The van der Waals surface area contributed by atoms with Crippen molar-refractivity contribution in [2.45, 2.75) is 26.2 Å². The van der Waals surface area contributed by atoms with Crippen molar-refractivity contribution in [2.75, 3.05) is 13.1 Å². The summed E-state index contributed by atoms with van der Waals surface area (Å²) in [7, 11) is 0. The molecule has 1 amide bonds. The van der Waals surface area contributed by atoms with Crippen LogP contribution in [0, 0.1) is 12.3 Å². The summed E-state index contributed by atoms with van der Waals surface area (Å²) in [5.41, 5.74) is 0.634. The number of pyridine rings is 1. The summed E-state index contributed by atoms with van der Waals surface area (Å²) in [6.45, 7) is 5.27. The number of aromatic nitrogens is 1. The molecule has 0 saturated carbocycles. The highest BCUT2D eigenvalue weighted by Crippen LogP contribution is 2.24. The Labute approximate surface area is 128 Å². The second kappa shape index (κ2) is 6.59. The third-order valence-corrected chi connectivity index (χ3v) is 2.90. The summed E-state index contributed by atoms with van der Waals surface area (Å²) in [5, 5.41) is 9.03. The summed E-state index contributed by atoms with van der Waals surface area (Å²) < 4.78 is 0. The number of hydrogen-bond donors (Lipinski definition) is 1. The van der Waals surface area contributed by atoms with Crippen LogP contribution in [0.3, 0.4) is 0 Å². The van der Waals surface area contributed by atoms with Gasteiger partial charge in [-0.05, 0) is 12.1 Å². The minimum absolute atomic E-state index is 0.0874. The largest absolute Gasteiger partial charge is 0.480 e. The molecule has 0 atom stereocenters. The molecule has 1 heterocycles. The summed E-state index contributed by atoms with van der Waals surface area (Å²) in [5.74, 6) is 0.665. The van der Waals surface area contributed by atoms with Gasteiger partial charge in [-0.15, -0.1) is 6.42 Å². The molecular formula is C15H17ClN2O3. The van der Waals surface area contributed by atoms with Crippen molar-refractivity contribution in [3.63, 3.8) is 0 Å². The summed E-state index contributed by atoms with van der Waals surface area (Å²) in [6, 6.07) is 3.02. The Morgan fingerprint density at radius 1 is 1.43 bits per heavy atom. The molecule has 0 spiro atoms. The second-order valence-corrected chi connectivity index (χ2v) is 5.96. The third kappa shape index (κ3) is 4.76. The predicted molar refractivity (Wildman–Crippen MR) is 80.3 cm³/mol. The van der Waals surface area contributed by atoms with Gasteiger partial charge in [0.2, 0.25) is 0 Å². The lowest BCUT2D eigenvalue weighted by Gasteiger charge is -2.21. The van der Waals surface area contributed by atoms with E-state index in [1.165, 1.54) is 6.07 Å². The van der Waals surface area contributed by atoms with Crippen LogP contribution >= 0.6 is 11.6 Å². The fourth-order valence-corrected chi connectivity index (χ4v) is 1.87. The molecule has 0 saturated heterocycles. The molecule has 0 aromatic carbocycles. The molecule has 0 bridgehead atoms. The predicted octanol–water partition coefficient (Wildman–Crippen LogP) is 2.19. The first-order valence-corrected chi connectivity index (χ1v) is 6.65. The fraction of sp³-hybridized carbons (Fsp3) is 0.400. The van der Waals surface area contributed by atoms with Crippen molar-refractivity contribution in [2.24, 2.45) is 0 Å². The number of halogens is 1. The number of terminal acetylenes is 1. The number of rotatable bonds is 4. The quantitative estimate of drug-likeness (QED) is 0.684. The maximum absolute atomic E-state index is 12.4. The standard InChI is InChI=1S/C15H17ClN2O3/c1-5-6-18(9-13(19)20)14(21)10-7-11(15(2,3)4)17-12(16)8-10/h1,7-8H,6,9H2,2-4H3,(H,19,20). The van der Waals surface area contributed by atoms with Gasteiger partial charge in [0.1, 0.15) is 11.7 Å². The number of carboxylic acids is 1. The van der Waals surface area contributed by atoms with Gasteiger partial charge >= 0.3 is 5.97 Å². The number of hydrogen-bond acceptors (Lipinski definition) is 3. The topological polar surface area (TPSA) is 70.5 Å². The van der Waals surface area contributed by atoms with Crippen LogP contribution in [0.1, 0.15) is 36.8 Å². The van der Waals surface area contributed by atoms with E-state index in [1.54, 1.807) is 6.07 Å². The number of amides is 1. The van der Waals surface area contributed by atoms with E-state index in [0.717, 1.165) is 4.90 Å². The molecule has 1 N–H and O–H groups in total. The monoisotopic (exact) mass is 308 g/mol. The van der Waals surface area contributed by atoms with E-state index < -0.39 is 18.4 Å². The van der Waals surface area contributed by atoms with E-state index in [2.05, 4.69) is 10.9 Å². The fourth-order valence-electron chi connectivity index (χ4n) is 1.66. The molecule has 5 nitrogen and oxygen atoms in total. The van der Waals surface area contributed by atoms with Crippen molar-refractivity contribution in [1.82, 2.24) is 9.88 Å². The maximum atomic E-state index is 12.4. The summed E-state index contributed by atoms with van der Waals surface area (Å²) in [6.07, 6.45) is 5.17. The minimum Gasteiger partial charge on any atom is -0.480 e. The molecule has 21 heavy (non-hydrogen) atoms. The molecule has 6 heteroatoms. The van der Waals surface area contributed by atoms with E-state index in [4.69, 9.17) is 23.1 Å². The molecule has 1 rings (SSSR count). The Morgan fingerprint density at radius 2 is 2.05 bits per heavy atom. The lowest BCUT2D eigenvalue weighted by Crippen LogP contribution is -2.36. The Hall–Kier alpha value is -2.06. The highest BCUT2D eigenvalue weighted by molar-refractivity contribution is 6.29. The zero-order valence-electron chi connectivity index (χ0n) is 12.2. The Bertz CT molecular complexity index is 600. The first-order valence-electron chi connectivity index (χ1n) is 6.27. The molecule has 0 radical (unpaired) electrons. The Kier molecular flexibility index (Phi) is 5.34. The first-order chi connectivity index (χ1) is 9.65. The molecule has 0 aliphatic carbocycles. The van der Waals surface area contributed by atoms with E-state index >= 15 is 0 Å². The van der Waals surface area contributed by atoms with Gasteiger partial charge in [-0.3, -0.25) is 9.59 Å². The van der Waals surface area contributed by atoms with E-state index in [0.29, 0.717) is 5.69 Å². The zero-order chi connectivity index (χ0) is 16.2. The Morgan fingerprint density at radius 3 is 2.52 bits per heavy atom. The average molecular weight is 309 g/mol. The molecule has 112 valence electrons. The Balaban J connectivity index is 3.19. The van der Waals surface area contributed by atoms with E-state index in [9.17, 15) is 9.59 Å². The highest BCUT2D eigenvalue weighted by atomic mass is 35.5. The molecule has 0 aliphatic heterocycles. The van der Waals surface area contributed by atoms with Crippen molar-refractivity contribution in [1.29, 1.82) is 0 Å². The van der Waals surface area contributed by atoms with Gasteiger partial charge in [0, 0.05) is 16.7 Å². The number of nitrogens with zero attached hydrogens (tertiary/aromatic N) is 2. The molecule has 0 fully saturated rings. The lowest BCUT2D eigenvalue weighted by molar-refractivity contribution is -0.137. The zero-order valence-corrected chi connectivity index (χ0v) is 12.9. The van der Waals surface area contributed by atoms with Crippen LogP contribution in [-0.2, 0) is 10.2 Å². The smallest absolute Gasteiger partial charge is 0.323 e. The number of carboxylic acid groups (broad SMARTS) is 1. The number of carbonyl (C=O) groups excluding carboxylic acids is 1. The van der Waals surface area contributed by atoms with Crippen LogP contribution in [0.5, 0.6) is 0 Å². The van der Waals surface area contributed by atoms with Crippen molar-refractivity contribution >= 4 is 23.5 Å².